The number of sulfonamides is 1. The molecule has 0 radical (unpaired) electrons. The second-order valence-corrected chi connectivity index (χ2v) is 10.3. The Labute approximate surface area is 177 Å². The molecule has 2 aromatic carbocycles. The molecule has 0 bridgehead atoms. The van der Waals surface area contributed by atoms with E-state index in [2.05, 4.69) is 23.2 Å². The first-order valence-corrected chi connectivity index (χ1v) is 11.6. The van der Waals surface area contributed by atoms with Crippen molar-refractivity contribution in [3.05, 3.63) is 72.4 Å². The van der Waals surface area contributed by atoms with Crippen molar-refractivity contribution in [3.63, 3.8) is 0 Å². The van der Waals surface area contributed by atoms with Gasteiger partial charge in [-0.1, -0.05) is 48.5 Å². The summed E-state index contributed by atoms with van der Waals surface area (Å²) in [6.07, 6.45) is 2.13. The molecule has 0 unspecified atom stereocenters. The van der Waals surface area contributed by atoms with Crippen molar-refractivity contribution in [1.29, 1.82) is 0 Å². The monoisotopic (exact) mass is 428 g/mol. The van der Waals surface area contributed by atoms with Gasteiger partial charge in [0, 0.05) is 11.7 Å². The van der Waals surface area contributed by atoms with Crippen LogP contribution in [0.25, 0.3) is 10.9 Å². The molecular weight excluding hydrogens is 400 g/mol. The third-order valence-corrected chi connectivity index (χ3v) is 6.49. The molecule has 1 aliphatic rings. The van der Waals surface area contributed by atoms with E-state index < -0.39 is 21.7 Å². The molecule has 1 saturated heterocycles. The van der Waals surface area contributed by atoms with Crippen LogP contribution in [0, 0.1) is 0 Å². The van der Waals surface area contributed by atoms with Crippen LogP contribution in [-0.2, 0) is 21.2 Å². The van der Waals surface area contributed by atoms with E-state index in [9.17, 15) is 13.2 Å². The number of ether oxygens (including phenoxy) is 1. The minimum absolute atomic E-state index is 0.0102. The maximum Gasteiger partial charge on any atom is 0.424 e. The number of carbonyl (C=O) groups excluding carboxylic acids is 1. The highest BCUT2D eigenvalue weighted by Gasteiger charge is 2.42. The van der Waals surface area contributed by atoms with Gasteiger partial charge in [0.05, 0.1) is 11.8 Å². The molecule has 1 N–H and O–H groups in total. The topological polar surface area (TPSA) is 79.5 Å². The van der Waals surface area contributed by atoms with E-state index in [1.807, 2.05) is 48.7 Å². The van der Waals surface area contributed by atoms with E-state index in [0.717, 1.165) is 9.87 Å². The SMILES string of the molecule is CC(C)(C)OC(=O)N1[C@H](Cc2ccccc2)CCS1(=O)=O.c1ccc2[nH]ccc2c1. The number of aromatic amines is 1. The molecule has 0 aliphatic carbocycles. The molecule has 30 heavy (non-hydrogen) atoms. The third kappa shape index (κ3) is 5.63. The summed E-state index contributed by atoms with van der Waals surface area (Å²) in [5.41, 5.74) is 1.50. The number of nitrogens with zero attached hydrogens (tertiary/aromatic N) is 1. The number of aromatic nitrogens is 1. The minimum Gasteiger partial charge on any atom is -0.443 e. The molecule has 0 spiro atoms. The molecule has 1 aliphatic heterocycles. The summed E-state index contributed by atoms with van der Waals surface area (Å²) in [6, 6.07) is 19.5. The molecule has 7 heteroatoms. The van der Waals surface area contributed by atoms with Crippen molar-refractivity contribution >= 4 is 27.0 Å². The van der Waals surface area contributed by atoms with E-state index >= 15 is 0 Å². The van der Waals surface area contributed by atoms with Crippen molar-refractivity contribution in [3.8, 4) is 0 Å². The van der Waals surface area contributed by atoms with Gasteiger partial charge in [0.2, 0.25) is 10.0 Å². The number of carbonyl (C=O) groups is 1. The van der Waals surface area contributed by atoms with Gasteiger partial charge in [-0.25, -0.2) is 17.5 Å². The van der Waals surface area contributed by atoms with Crippen molar-refractivity contribution in [2.75, 3.05) is 5.75 Å². The maximum atomic E-state index is 12.2. The largest absolute Gasteiger partial charge is 0.443 e. The normalized spacial score (nSPS) is 18.0. The zero-order valence-electron chi connectivity index (χ0n) is 17.5. The van der Waals surface area contributed by atoms with Crippen LogP contribution in [0.5, 0.6) is 0 Å². The Morgan fingerprint density at radius 1 is 1.07 bits per heavy atom. The maximum absolute atomic E-state index is 12.2. The van der Waals surface area contributed by atoms with Crippen LogP contribution in [0.1, 0.15) is 32.8 Å². The number of H-pyrrole nitrogens is 1. The molecule has 4 rings (SSSR count). The summed E-state index contributed by atoms with van der Waals surface area (Å²) < 4.78 is 30.4. The summed E-state index contributed by atoms with van der Waals surface area (Å²) in [4.78, 5) is 15.3. The number of nitrogens with one attached hydrogen (secondary N) is 1. The van der Waals surface area contributed by atoms with E-state index in [-0.39, 0.29) is 11.8 Å². The average molecular weight is 429 g/mol. The van der Waals surface area contributed by atoms with E-state index in [1.54, 1.807) is 20.8 Å². The average Bonchev–Trinajstić information content (AvgIpc) is 3.25. The Morgan fingerprint density at radius 3 is 2.40 bits per heavy atom. The lowest BCUT2D eigenvalue weighted by Crippen LogP contribution is -2.43. The number of rotatable bonds is 2. The zero-order chi connectivity index (χ0) is 21.8. The van der Waals surface area contributed by atoms with Crippen LogP contribution in [0.4, 0.5) is 4.79 Å². The Balaban J connectivity index is 0.000000234. The minimum atomic E-state index is -3.57. The highest BCUT2D eigenvalue weighted by molar-refractivity contribution is 7.89. The predicted octanol–water partition coefficient (Wildman–Crippen LogP) is 4.74. The van der Waals surface area contributed by atoms with Crippen LogP contribution >= 0.6 is 0 Å². The lowest BCUT2D eigenvalue weighted by Gasteiger charge is -2.27. The molecule has 3 aromatic rings. The van der Waals surface area contributed by atoms with E-state index in [4.69, 9.17) is 4.74 Å². The number of fused-ring (bicyclic) bond motifs is 1. The predicted molar refractivity (Wildman–Crippen MR) is 119 cm³/mol. The van der Waals surface area contributed by atoms with Crippen LogP contribution in [-0.4, -0.2) is 41.2 Å². The molecular formula is C23H28N2O4S. The smallest absolute Gasteiger partial charge is 0.424 e. The quantitative estimate of drug-likeness (QED) is 0.640. The Kier molecular flexibility index (Phi) is 6.51. The fraction of sp³-hybridized carbons (Fsp3) is 0.348. The molecule has 1 amide bonds. The van der Waals surface area contributed by atoms with Crippen molar-refractivity contribution in [2.45, 2.75) is 45.3 Å². The molecule has 0 saturated carbocycles. The summed E-state index contributed by atoms with van der Waals surface area (Å²) in [5, 5.41) is 1.28. The summed E-state index contributed by atoms with van der Waals surface area (Å²) in [7, 11) is -3.57. The van der Waals surface area contributed by atoms with Gasteiger partial charge in [-0.2, -0.15) is 0 Å². The fourth-order valence-corrected chi connectivity index (χ4v) is 5.03. The van der Waals surface area contributed by atoms with Crippen LogP contribution in [0.2, 0.25) is 0 Å². The van der Waals surface area contributed by atoms with Crippen molar-refractivity contribution in [1.82, 2.24) is 9.29 Å². The first kappa shape index (κ1) is 21.9. The first-order chi connectivity index (χ1) is 14.2. The van der Waals surface area contributed by atoms with Crippen LogP contribution in [0.3, 0.4) is 0 Å². The fourth-order valence-electron chi connectivity index (χ4n) is 3.36. The Bertz CT molecular complexity index is 1050. The summed E-state index contributed by atoms with van der Waals surface area (Å²) >= 11 is 0. The summed E-state index contributed by atoms with van der Waals surface area (Å²) in [5.74, 6) is -0.0102. The molecule has 2 heterocycles. The lowest BCUT2D eigenvalue weighted by molar-refractivity contribution is 0.0353. The molecule has 160 valence electrons. The van der Waals surface area contributed by atoms with Crippen LogP contribution in [0.15, 0.2) is 66.9 Å². The van der Waals surface area contributed by atoms with Gasteiger partial charge in [0.15, 0.2) is 0 Å². The Morgan fingerprint density at radius 2 is 1.73 bits per heavy atom. The second kappa shape index (κ2) is 8.92. The van der Waals surface area contributed by atoms with Gasteiger partial charge in [-0.3, -0.25) is 0 Å². The number of hydrogen-bond donors (Lipinski definition) is 1. The number of amides is 1. The number of para-hydroxylation sites is 1. The van der Waals surface area contributed by atoms with Crippen molar-refractivity contribution in [2.24, 2.45) is 0 Å². The third-order valence-electron chi connectivity index (χ3n) is 4.69. The number of benzene rings is 2. The summed E-state index contributed by atoms with van der Waals surface area (Å²) in [6.45, 7) is 5.17. The lowest BCUT2D eigenvalue weighted by atomic mass is 10.0. The van der Waals surface area contributed by atoms with Gasteiger partial charge in [0.1, 0.15) is 5.60 Å². The van der Waals surface area contributed by atoms with Gasteiger partial charge in [-0.05, 0) is 56.7 Å². The standard InChI is InChI=1S/C15H21NO4S.C8H7N/c1-15(2,3)20-14(17)16-13(9-10-21(16,18)19)11-12-7-5-4-6-8-12;1-2-4-8-7(3-1)5-6-9-8/h4-8,13H,9-11H2,1-3H3;1-6,9H/t13-;/m0./s1. The number of hydrogen-bond acceptors (Lipinski definition) is 4. The van der Waals surface area contributed by atoms with Crippen LogP contribution < -0.4 is 0 Å². The van der Waals surface area contributed by atoms with Gasteiger partial charge >= 0.3 is 6.09 Å². The zero-order valence-corrected chi connectivity index (χ0v) is 18.4. The highest BCUT2D eigenvalue weighted by Crippen LogP contribution is 2.26. The molecule has 1 aromatic heterocycles. The van der Waals surface area contributed by atoms with Gasteiger partial charge in [-0.15, -0.1) is 0 Å². The van der Waals surface area contributed by atoms with Crippen molar-refractivity contribution < 1.29 is 17.9 Å². The second-order valence-electron chi connectivity index (χ2n) is 8.29. The van der Waals surface area contributed by atoms with E-state index in [1.165, 1.54) is 10.9 Å². The van der Waals surface area contributed by atoms with Gasteiger partial charge in [0.25, 0.3) is 0 Å². The van der Waals surface area contributed by atoms with Gasteiger partial charge < -0.3 is 9.72 Å². The molecule has 6 nitrogen and oxygen atoms in total. The molecule has 1 atom stereocenters. The van der Waals surface area contributed by atoms with E-state index in [0.29, 0.717) is 12.8 Å². The first-order valence-electron chi connectivity index (χ1n) is 9.97. The Hall–Kier alpha value is -2.80. The highest BCUT2D eigenvalue weighted by atomic mass is 32.2. The molecule has 1 fully saturated rings.